The lowest BCUT2D eigenvalue weighted by Crippen LogP contribution is -2.48. The molecule has 1 unspecified atom stereocenters. The topological polar surface area (TPSA) is 74.1 Å². The molecule has 2 fully saturated rings. The normalized spacial score (nSPS) is 19.0. The van der Waals surface area contributed by atoms with Crippen LogP contribution in [0.4, 0.5) is 5.82 Å². The van der Waals surface area contributed by atoms with Gasteiger partial charge in [-0.25, -0.2) is 4.98 Å². The predicted molar refractivity (Wildman–Crippen MR) is 165 cm³/mol. The van der Waals surface area contributed by atoms with Crippen LogP contribution in [0.1, 0.15) is 43.7 Å². The molecular formula is C31H38N6S. The van der Waals surface area contributed by atoms with Crippen molar-refractivity contribution in [2.45, 2.75) is 38.6 Å². The van der Waals surface area contributed by atoms with E-state index in [9.17, 15) is 0 Å². The van der Waals surface area contributed by atoms with Gasteiger partial charge in [-0.1, -0.05) is 44.4 Å². The Bertz CT molecular complexity index is 1400. The maximum Gasteiger partial charge on any atom is 0.135 e. The fourth-order valence-corrected chi connectivity index (χ4v) is 5.13. The number of nitrogens with two attached hydrogens (primary N) is 1. The van der Waals surface area contributed by atoms with Gasteiger partial charge in [0.05, 0.1) is 10.9 Å². The van der Waals surface area contributed by atoms with Crippen LogP contribution < -0.4 is 5.73 Å². The number of anilines is 1. The van der Waals surface area contributed by atoms with E-state index < -0.39 is 0 Å². The molecule has 2 aliphatic heterocycles. The first-order valence-corrected chi connectivity index (χ1v) is 13.1. The second-order valence-electron chi connectivity index (χ2n) is 10.1. The molecule has 2 aromatic heterocycles. The number of nitrogens with zero attached hydrogens (tertiary/aromatic N) is 4. The van der Waals surface area contributed by atoms with Crippen LogP contribution in [0.15, 0.2) is 80.3 Å². The predicted octanol–water partition coefficient (Wildman–Crippen LogP) is 6.71. The van der Waals surface area contributed by atoms with Crippen LogP contribution in [0.25, 0.3) is 33.9 Å². The van der Waals surface area contributed by atoms with E-state index in [2.05, 4.69) is 58.9 Å². The van der Waals surface area contributed by atoms with Crippen molar-refractivity contribution < 1.29 is 0 Å². The molecule has 38 heavy (non-hydrogen) atoms. The number of nitrogen functional groups attached to an aromatic ring is 1. The van der Waals surface area contributed by atoms with E-state index in [0.29, 0.717) is 5.82 Å². The van der Waals surface area contributed by atoms with Gasteiger partial charge >= 0.3 is 0 Å². The van der Waals surface area contributed by atoms with Gasteiger partial charge in [-0.2, -0.15) is 18.6 Å². The highest BCUT2D eigenvalue weighted by atomic mass is 32.1. The zero-order valence-corrected chi connectivity index (χ0v) is 23.2. The van der Waals surface area contributed by atoms with Gasteiger partial charge in [-0.05, 0) is 74.6 Å². The van der Waals surface area contributed by atoms with Crippen molar-refractivity contribution in [3.63, 3.8) is 0 Å². The number of allylic oxidation sites excluding steroid dienone is 3. The zero-order chi connectivity index (χ0) is 25.9. The maximum atomic E-state index is 6.08. The number of benzene rings is 1. The Kier molecular flexibility index (Phi) is 8.59. The molecule has 6 nitrogen and oxygen atoms in total. The zero-order valence-electron chi connectivity index (χ0n) is 22.2. The third kappa shape index (κ3) is 5.35. The standard InChI is InChI=1S/C22H19N5.C9H17N.H2S/c1-4-6-17(5-2)27-12-10-15-7-8-16(13-18(15)14(27)3)21-20-19(25-26-21)9-11-24-22(20)23;1-8-5-6-10(8)7-9-3-2-4-9;/h4-13H,1-3H2,(H2,23,24)(H,25,26);8-9H,2-7H2,1H3;1H2/b17-6+;;. The summed E-state index contributed by atoms with van der Waals surface area (Å²) in [5.41, 5.74) is 12.5. The highest BCUT2D eigenvalue weighted by molar-refractivity contribution is 7.59. The van der Waals surface area contributed by atoms with E-state index in [0.717, 1.165) is 56.6 Å². The minimum Gasteiger partial charge on any atom is -0.383 e. The number of aromatic nitrogens is 3. The molecule has 1 aliphatic carbocycles. The second kappa shape index (κ2) is 11.9. The van der Waals surface area contributed by atoms with Crippen molar-refractivity contribution in [1.29, 1.82) is 0 Å². The summed E-state index contributed by atoms with van der Waals surface area (Å²) in [4.78, 5) is 8.80. The molecule has 1 saturated heterocycles. The summed E-state index contributed by atoms with van der Waals surface area (Å²) in [6, 6.07) is 8.93. The van der Waals surface area contributed by atoms with Gasteiger partial charge in [0, 0.05) is 47.5 Å². The van der Waals surface area contributed by atoms with E-state index in [1.54, 1.807) is 18.3 Å². The van der Waals surface area contributed by atoms with Crippen molar-refractivity contribution in [3.05, 3.63) is 91.5 Å². The van der Waals surface area contributed by atoms with Crippen molar-refractivity contribution in [2.75, 3.05) is 18.8 Å². The Morgan fingerprint density at radius 1 is 1.21 bits per heavy atom. The summed E-state index contributed by atoms with van der Waals surface area (Å²) in [6.45, 7) is 17.0. The molecule has 0 bridgehead atoms. The lowest BCUT2D eigenvalue weighted by Gasteiger charge is -2.42. The summed E-state index contributed by atoms with van der Waals surface area (Å²) < 4.78 is 0. The van der Waals surface area contributed by atoms with E-state index in [1.807, 2.05) is 35.4 Å². The number of aromatic amines is 1. The highest BCUT2D eigenvalue weighted by Crippen LogP contribution is 2.36. The number of hydrogen-bond acceptors (Lipinski definition) is 5. The number of hydrogen-bond donors (Lipinski definition) is 2. The summed E-state index contributed by atoms with van der Waals surface area (Å²) in [7, 11) is 0. The number of likely N-dealkylation sites (tertiary alicyclic amines) is 1. The number of fused-ring (bicyclic) bond motifs is 2. The van der Waals surface area contributed by atoms with Crippen LogP contribution in [0, 0.1) is 5.92 Å². The van der Waals surface area contributed by atoms with E-state index in [-0.39, 0.29) is 13.5 Å². The van der Waals surface area contributed by atoms with Gasteiger partial charge in [0.2, 0.25) is 0 Å². The molecule has 198 valence electrons. The monoisotopic (exact) mass is 526 g/mol. The molecule has 7 heteroatoms. The first kappa shape index (κ1) is 27.5. The van der Waals surface area contributed by atoms with Crippen molar-refractivity contribution in [3.8, 4) is 11.3 Å². The number of rotatable bonds is 6. The molecule has 0 radical (unpaired) electrons. The van der Waals surface area contributed by atoms with Crippen LogP contribution in [-0.4, -0.2) is 44.1 Å². The summed E-state index contributed by atoms with van der Waals surface area (Å²) >= 11 is 0. The number of H-pyrrole nitrogens is 1. The average molecular weight is 527 g/mol. The van der Waals surface area contributed by atoms with Gasteiger partial charge < -0.3 is 15.5 Å². The molecule has 1 atom stereocenters. The van der Waals surface area contributed by atoms with E-state index in [4.69, 9.17) is 5.73 Å². The molecule has 6 rings (SSSR count). The quantitative estimate of drug-likeness (QED) is 0.349. The smallest absolute Gasteiger partial charge is 0.135 e. The molecule has 3 aliphatic rings. The minimum atomic E-state index is 0. The maximum absolute atomic E-state index is 6.08. The summed E-state index contributed by atoms with van der Waals surface area (Å²) in [5.74, 6) is 1.53. The molecule has 4 heterocycles. The molecule has 3 aromatic rings. The number of pyridine rings is 1. The molecule has 0 amide bonds. The number of nitrogens with one attached hydrogen (secondary N) is 1. The van der Waals surface area contributed by atoms with Crippen molar-refractivity contribution >= 4 is 42.0 Å². The third-order valence-electron chi connectivity index (χ3n) is 7.79. The van der Waals surface area contributed by atoms with Crippen LogP contribution in [0.2, 0.25) is 0 Å². The van der Waals surface area contributed by atoms with Gasteiger partial charge in [-0.3, -0.25) is 5.10 Å². The molecule has 0 spiro atoms. The summed E-state index contributed by atoms with van der Waals surface area (Å²) in [6.07, 6.45) is 17.0. The highest BCUT2D eigenvalue weighted by Gasteiger charge is 2.28. The van der Waals surface area contributed by atoms with Crippen LogP contribution in [0.3, 0.4) is 0 Å². The van der Waals surface area contributed by atoms with Gasteiger partial charge in [-0.15, -0.1) is 0 Å². The van der Waals surface area contributed by atoms with Gasteiger partial charge in [0.1, 0.15) is 11.5 Å². The first-order valence-electron chi connectivity index (χ1n) is 13.1. The van der Waals surface area contributed by atoms with Crippen LogP contribution >= 0.6 is 13.5 Å². The Balaban J connectivity index is 0.000000256. The van der Waals surface area contributed by atoms with Crippen LogP contribution in [-0.2, 0) is 0 Å². The van der Waals surface area contributed by atoms with E-state index in [1.165, 1.54) is 38.8 Å². The van der Waals surface area contributed by atoms with Crippen molar-refractivity contribution in [2.24, 2.45) is 5.92 Å². The lowest BCUT2D eigenvalue weighted by atomic mass is 9.84. The Hall–Kier alpha value is -3.55. The van der Waals surface area contributed by atoms with Gasteiger partial charge in [0.15, 0.2) is 0 Å². The molecule has 3 N–H and O–H groups in total. The Labute approximate surface area is 232 Å². The van der Waals surface area contributed by atoms with E-state index >= 15 is 0 Å². The Morgan fingerprint density at radius 2 is 2.03 bits per heavy atom. The fourth-order valence-electron chi connectivity index (χ4n) is 5.13. The second-order valence-corrected chi connectivity index (χ2v) is 10.1. The SMILES string of the molecule is C=C/C=C(\C=C)N1C=Cc2ccc(-c3n[nH]c4ccnc(N)c34)cc2C1=C.CC1CCN1CC1CCC1.S. The van der Waals surface area contributed by atoms with Gasteiger partial charge in [0.25, 0.3) is 0 Å². The minimum absolute atomic E-state index is 0. The largest absolute Gasteiger partial charge is 0.383 e. The summed E-state index contributed by atoms with van der Waals surface area (Å²) in [5, 5.41) is 8.30. The molecule has 1 saturated carbocycles. The average Bonchev–Trinajstić information content (AvgIpc) is 3.32. The lowest BCUT2D eigenvalue weighted by molar-refractivity contribution is 0.0645. The third-order valence-corrected chi connectivity index (χ3v) is 7.79. The van der Waals surface area contributed by atoms with Crippen LogP contribution in [0.5, 0.6) is 0 Å². The molecular weight excluding hydrogens is 488 g/mol. The molecule has 1 aromatic carbocycles. The Morgan fingerprint density at radius 3 is 2.66 bits per heavy atom. The first-order chi connectivity index (χ1) is 18.0. The fraction of sp³-hybridized carbons (Fsp3) is 0.290. The van der Waals surface area contributed by atoms with Crippen molar-refractivity contribution in [1.82, 2.24) is 25.0 Å².